The number of amides is 1. The Hall–Kier alpha value is -2.74. The molecule has 1 amide bonds. The molecule has 0 radical (unpaired) electrons. The Kier molecular flexibility index (Phi) is 4.30. The van der Waals surface area contributed by atoms with Crippen LogP contribution in [0.1, 0.15) is 44.0 Å². The molecule has 1 aliphatic carbocycles. The Morgan fingerprint density at radius 2 is 2.00 bits per heavy atom. The number of fused-ring (bicyclic) bond motifs is 1. The van der Waals surface area contributed by atoms with Gasteiger partial charge in [-0.25, -0.2) is 4.79 Å². The monoisotopic (exact) mass is 346 g/mol. The molecular weight excluding hydrogens is 332 g/mol. The molecule has 0 spiro atoms. The maximum absolute atomic E-state index is 12.4. The molecule has 0 saturated carbocycles. The van der Waals surface area contributed by atoms with E-state index < -0.39 is 16.8 Å². The average Bonchev–Trinajstić information content (AvgIpc) is 2.92. The molecule has 2 aromatic rings. The van der Waals surface area contributed by atoms with Gasteiger partial charge in [0.1, 0.15) is 5.00 Å². The minimum atomic E-state index is -1.07. The van der Waals surface area contributed by atoms with Gasteiger partial charge in [0, 0.05) is 22.6 Å². The fraction of sp³-hybridized carbons (Fsp3) is 0.250. The zero-order valence-corrected chi connectivity index (χ0v) is 13.4. The van der Waals surface area contributed by atoms with E-state index in [1.54, 1.807) is 0 Å². The predicted octanol–water partition coefficient (Wildman–Crippen LogP) is 3.49. The fourth-order valence-electron chi connectivity index (χ4n) is 2.82. The Morgan fingerprint density at radius 3 is 2.71 bits per heavy atom. The molecule has 0 aliphatic heterocycles. The molecule has 3 rings (SSSR count). The summed E-state index contributed by atoms with van der Waals surface area (Å²) in [4.78, 5) is 35.2. The molecule has 7 nitrogen and oxygen atoms in total. The summed E-state index contributed by atoms with van der Waals surface area (Å²) in [5.74, 6) is -1.62. The van der Waals surface area contributed by atoms with E-state index in [0.29, 0.717) is 11.4 Å². The van der Waals surface area contributed by atoms with Crippen molar-refractivity contribution < 1.29 is 19.6 Å². The molecule has 124 valence electrons. The van der Waals surface area contributed by atoms with E-state index in [4.69, 9.17) is 0 Å². The molecule has 1 heterocycles. The van der Waals surface area contributed by atoms with Crippen LogP contribution >= 0.6 is 11.3 Å². The minimum absolute atomic E-state index is 0.118. The van der Waals surface area contributed by atoms with Gasteiger partial charge in [0.2, 0.25) is 0 Å². The maximum Gasteiger partial charge on any atom is 0.339 e. The van der Waals surface area contributed by atoms with Crippen LogP contribution in [0.15, 0.2) is 24.3 Å². The summed E-state index contributed by atoms with van der Waals surface area (Å²) in [5, 5.41) is 23.2. The van der Waals surface area contributed by atoms with Gasteiger partial charge in [-0.1, -0.05) is 6.07 Å². The standard InChI is InChI=1S/C16H14N2O5S/c19-14(9-4-3-5-10(8-9)18(22)23)17-15-13(16(20)21)11-6-1-2-7-12(11)24-15/h3-5,8H,1-2,6-7H2,(H,17,19)(H,20,21). The highest BCUT2D eigenvalue weighted by Gasteiger charge is 2.26. The number of aromatic carboxylic acids is 1. The molecule has 0 unspecified atom stereocenters. The number of anilines is 1. The summed E-state index contributed by atoms with van der Waals surface area (Å²) in [6.07, 6.45) is 3.44. The van der Waals surface area contributed by atoms with E-state index in [0.717, 1.165) is 29.7 Å². The average molecular weight is 346 g/mol. The molecule has 1 aromatic carbocycles. The lowest BCUT2D eigenvalue weighted by atomic mass is 9.95. The lowest BCUT2D eigenvalue weighted by molar-refractivity contribution is -0.384. The number of rotatable bonds is 4. The van der Waals surface area contributed by atoms with Gasteiger partial charge in [-0.05, 0) is 37.3 Å². The van der Waals surface area contributed by atoms with Crippen molar-refractivity contribution in [3.63, 3.8) is 0 Å². The van der Waals surface area contributed by atoms with Gasteiger partial charge in [-0.2, -0.15) is 0 Å². The third-order valence-corrected chi connectivity index (χ3v) is 5.14. The SMILES string of the molecule is O=C(Nc1sc2c(c1C(=O)O)CCCC2)c1cccc([N+](=O)[O-])c1. The number of thiophene rings is 1. The molecule has 0 fully saturated rings. The number of nitro groups is 1. The zero-order valence-electron chi connectivity index (χ0n) is 12.6. The molecule has 24 heavy (non-hydrogen) atoms. The van der Waals surface area contributed by atoms with Crippen molar-refractivity contribution in [2.24, 2.45) is 0 Å². The molecule has 1 aromatic heterocycles. The summed E-state index contributed by atoms with van der Waals surface area (Å²) in [5.41, 5.74) is 0.875. The van der Waals surface area contributed by atoms with Crippen LogP contribution in [0.3, 0.4) is 0 Å². The lowest BCUT2D eigenvalue weighted by Crippen LogP contribution is -2.14. The molecule has 1 aliphatic rings. The summed E-state index contributed by atoms with van der Waals surface area (Å²) >= 11 is 1.28. The highest BCUT2D eigenvalue weighted by molar-refractivity contribution is 7.17. The van der Waals surface area contributed by atoms with Crippen LogP contribution in [0.4, 0.5) is 10.7 Å². The van der Waals surface area contributed by atoms with E-state index in [-0.39, 0.29) is 16.8 Å². The van der Waals surface area contributed by atoms with Gasteiger partial charge >= 0.3 is 5.97 Å². The third-order valence-electron chi connectivity index (χ3n) is 3.93. The van der Waals surface area contributed by atoms with E-state index in [1.165, 1.54) is 35.6 Å². The summed E-state index contributed by atoms with van der Waals surface area (Å²) in [7, 11) is 0. The second-order valence-corrected chi connectivity index (χ2v) is 6.59. The number of aryl methyl sites for hydroxylation is 1. The van der Waals surface area contributed by atoms with Crippen molar-refractivity contribution >= 4 is 33.9 Å². The smallest absolute Gasteiger partial charge is 0.339 e. The van der Waals surface area contributed by atoms with Crippen molar-refractivity contribution in [2.45, 2.75) is 25.7 Å². The van der Waals surface area contributed by atoms with Crippen LogP contribution in [0.5, 0.6) is 0 Å². The second-order valence-electron chi connectivity index (χ2n) is 5.48. The highest BCUT2D eigenvalue weighted by atomic mass is 32.1. The summed E-state index contributed by atoms with van der Waals surface area (Å²) < 4.78 is 0. The van der Waals surface area contributed by atoms with E-state index in [1.807, 2.05) is 0 Å². The maximum atomic E-state index is 12.4. The number of nitrogens with zero attached hydrogens (tertiary/aromatic N) is 1. The van der Waals surface area contributed by atoms with Crippen LogP contribution < -0.4 is 5.32 Å². The van der Waals surface area contributed by atoms with Crippen LogP contribution in [0.2, 0.25) is 0 Å². The number of hydrogen-bond donors (Lipinski definition) is 2. The normalized spacial score (nSPS) is 13.2. The van der Waals surface area contributed by atoms with E-state index >= 15 is 0 Å². The summed E-state index contributed by atoms with van der Waals surface area (Å²) in [6.45, 7) is 0. The van der Waals surface area contributed by atoms with Crippen molar-refractivity contribution in [1.29, 1.82) is 0 Å². The number of nitrogens with one attached hydrogen (secondary N) is 1. The van der Waals surface area contributed by atoms with Gasteiger partial charge in [0.05, 0.1) is 10.5 Å². The van der Waals surface area contributed by atoms with Crippen LogP contribution in [-0.4, -0.2) is 21.9 Å². The number of carbonyl (C=O) groups is 2. The fourth-order valence-corrected chi connectivity index (χ4v) is 4.09. The molecule has 0 bridgehead atoms. The number of benzene rings is 1. The van der Waals surface area contributed by atoms with Gasteiger partial charge in [-0.15, -0.1) is 11.3 Å². The molecule has 0 saturated heterocycles. The molecular formula is C16H14N2O5S. The first-order chi connectivity index (χ1) is 11.5. The Balaban J connectivity index is 1.92. The van der Waals surface area contributed by atoms with E-state index in [2.05, 4.69) is 5.32 Å². The van der Waals surface area contributed by atoms with Crippen LogP contribution in [0.25, 0.3) is 0 Å². The van der Waals surface area contributed by atoms with Crippen LogP contribution in [-0.2, 0) is 12.8 Å². The predicted molar refractivity (Wildman–Crippen MR) is 89.0 cm³/mol. The molecule has 8 heteroatoms. The zero-order chi connectivity index (χ0) is 17.3. The van der Waals surface area contributed by atoms with Crippen molar-refractivity contribution in [3.05, 3.63) is 55.9 Å². The van der Waals surface area contributed by atoms with Crippen molar-refractivity contribution in [2.75, 3.05) is 5.32 Å². The number of carbonyl (C=O) groups excluding carboxylic acids is 1. The third kappa shape index (κ3) is 3.00. The van der Waals surface area contributed by atoms with E-state index in [9.17, 15) is 24.8 Å². The Bertz CT molecular complexity index is 843. The van der Waals surface area contributed by atoms with Crippen LogP contribution in [0, 0.1) is 10.1 Å². The second kappa shape index (κ2) is 6.40. The number of carboxylic acids is 1. The Morgan fingerprint density at radius 1 is 1.25 bits per heavy atom. The largest absolute Gasteiger partial charge is 0.478 e. The Labute approximate surface area is 141 Å². The topological polar surface area (TPSA) is 110 Å². The minimum Gasteiger partial charge on any atom is -0.478 e. The number of hydrogen-bond acceptors (Lipinski definition) is 5. The molecule has 0 atom stereocenters. The van der Waals surface area contributed by atoms with Crippen molar-refractivity contribution in [1.82, 2.24) is 0 Å². The lowest BCUT2D eigenvalue weighted by Gasteiger charge is -2.10. The van der Waals surface area contributed by atoms with Gasteiger partial charge in [-0.3, -0.25) is 14.9 Å². The number of non-ortho nitro benzene ring substituents is 1. The quantitative estimate of drug-likeness (QED) is 0.650. The van der Waals surface area contributed by atoms with Gasteiger partial charge in [0.15, 0.2) is 0 Å². The number of carboxylic acid groups (broad SMARTS) is 1. The first kappa shape index (κ1) is 16.1. The number of nitro benzene ring substituents is 1. The highest BCUT2D eigenvalue weighted by Crippen LogP contribution is 2.38. The summed E-state index contributed by atoms with van der Waals surface area (Å²) in [6, 6.07) is 5.34. The molecule has 2 N–H and O–H groups in total. The first-order valence-corrected chi connectivity index (χ1v) is 8.22. The van der Waals surface area contributed by atoms with Crippen molar-refractivity contribution in [3.8, 4) is 0 Å². The van der Waals surface area contributed by atoms with Gasteiger partial charge in [0.25, 0.3) is 11.6 Å². The first-order valence-electron chi connectivity index (χ1n) is 7.41. The van der Waals surface area contributed by atoms with Gasteiger partial charge < -0.3 is 10.4 Å².